The van der Waals surface area contributed by atoms with Crippen LogP contribution in [0.2, 0.25) is 5.02 Å². The van der Waals surface area contributed by atoms with Gasteiger partial charge in [0.25, 0.3) is 0 Å². The number of ether oxygens (including phenoxy) is 1. The highest BCUT2D eigenvalue weighted by Gasteiger charge is 2.11. The normalized spacial score (nSPS) is 10.5. The van der Waals surface area contributed by atoms with Crippen LogP contribution in [0.3, 0.4) is 0 Å². The number of nitrogens with zero attached hydrogens (tertiary/aromatic N) is 1. The van der Waals surface area contributed by atoms with Crippen LogP contribution in [0.5, 0.6) is 0 Å². The summed E-state index contributed by atoms with van der Waals surface area (Å²) in [5.74, 6) is -0.457. The molecule has 0 aliphatic rings. The van der Waals surface area contributed by atoms with E-state index in [1.807, 2.05) is 11.8 Å². The van der Waals surface area contributed by atoms with Crippen molar-refractivity contribution in [2.24, 2.45) is 0 Å². The fourth-order valence-corrected chi connectivity index (χ4v) is 1.65. The van der Waals surface area contributed by atoms with Crippen LogP contribution in [-0.4, -0.2) is 26.8 Å². The molecular weight excluding hydrogens is 231 g/mol. The topological polar surface area (TPSA) is 38.5 Å². The second kappa shape index (κ2) is 5.92. The molecule has 0 spiro atoms. The van der Waals surface area contributed by atoms with Crippen LogP contribution in [0.1, 0.15) is 6.92 Å². The number of hydrogen-bond donors (Lipinski definition) is 1. The first-order valence-electron chi connectivity index (χ1n) is 5.08. The van der Waals surface area contributed by atoms with Crippen molar-refractivity contribution in [1.82, 2.24) is 0 Å². The minimum absolute atomic E-state index is 0.0454. The van der Waals surface area contributed by atoms with Gasteiger partial charge in [0.1, 0.15) is 5.82 Å². The quantitative estimate of drug-likeness (QED) is 0.812. The highest BCUT2D eigenvalue weighted by atomic mass is 35.5. The summed E-state index contributed by atoms with van der Waals surface area (Å²) < 4.78 is 18.3. The van der Waals surface area contributed by atoms with Crippen molar-refractivity contribution < 1.29 is 9.13 Å². The molecule has 0 aromatic heterocycles. The van der Waals surface area contributed by atoms with Crippen molar-refractivity contribution in [1.29, 1.82) is 0 Å². The summed E-state index contributed by atoms with van der Waals surface area (Å²) in [7, 11) is 1.62. The summed E-state index contributed by atoms with van der Waals surface area (Å²) in [4.78, 5) is 1.94. The largest absolute Gasteiger partial charge is 0.397 e. The van der Waals surface area contributed by atoms with Crippen molar-refractivity contribution in [3.05, 3.63) is 23.0 Å². The predicted molar refractivity (Wildman–Crippen MR) is 65.6 cm³/mol. The van der Waals surface area contributed by atoms with E-state index in [4.69, 9.17) is 22.1 Å². The first kappa shape index (κ1) is 13.1. The minimum Gasteiger partial charge on any atom is -0.397 e. The average molecular weight is 247 g/mol. The van der Waals surface area contributed by atoms with E-state index < -0.39 is 5.82 Å². The summed E-state index contributed by atoms with van der Waals surface area (Å²) in [6, 6.07) is 2.79. The number of anilines is 2. The number of nitrogen functional groups attached to an aromatic ring is 1. The number of rotatable bonds is 5. The van der Waals surface area contributed by atoms with Gasteiger partial charge in [-0.15, -0.1) is 0 Å². The molecule has 0 radical (unpaired) electrons. The highest BCUT2D eigenvalue weighted by Crippen LogP contribution is 2.28. The van der Waals surface area contributed by atoms with Crippen molar-refractivity contribution in [2.75, 3.05) is 37.4 Å². The lowest BCUT2D eigenvalue weighted by Gasteiger charge is -2.24. The van der Waals surface area contributed by atoms with Crippen LogP contribution in [0.25, 0.3) is 0 Å². The van der Waals surface area contributed by atoms with Crippen molar-refractivity contribution in [2.45, 2.75) is 6.92 Å². The first-order valence-corrected chi connectivity index (χ1v) is 5.46. The molecule has 0 heterocycles. The fourth-order valence-electron chi connectivity index (χ4n) is 1.48. The molecule has 5 heteroatoms. The molecule has 0 aliphatic carbocycles. The number of nitrogens with two attached hydrogens (primary N) is 1. The lowest BCUT2D eigenvalue weighted by Crippen LogP contribution is -2.27. The zero-order valence-corrected chi connectivity index (χ0v) is 10.2. The molecule has 0 unspecified atom stereocenters. The minimum atomic E-state index is -0.457. The standard InChI is InChI=1S/C11H16ClFN2O/c1-3-15(4-5-16-2)11-7-9(13)8(12)6-10(11)14/h6-7H,3-5,14H2,1-2H3. The smallest absolute Gasteiger partial charge is 0.144 e. The number of methoxy groups -OCH3 is 1. The molecule has 1 aromatic carbocycles. The summed E-state index contributed by atoms with van der Waals surface area (Å²) in [6.07, 6.45) is 0. The Balaban J connectivity index is 2.95. The maximum absolute atomic E-state index is 13.3. The lowest BCUT2D eigenvalue weighted by atomic mass is 10.2. The van der Waals surface area contributed by atoms with E-state index in [1.165, 1.54) is 12.1 Å². The molecule has 16 heavy (non-hydrogen) atoms. The summed E-state index contributed by atoms with van der Waals surface area (Å²) >= 11 is 5.64. The van der Waals surface area contributed by atoms with Crippen LogP contribution >= 0.6 is 11.6 Å². The molecule has 0 fully saturated rings. The molecule has 3 nitrogen and oxygen atoms in total. The Morgan fingerprint density at radius 3 is 2.75 bits per heavy atom. The molecular formula is C11H16ClFN2O. The third kappa shape index (κ3) is 3.00. The van der Waals surface area contributed by atoms with E-state index in [-0.39, 0.29) is 5.02 Å². The zero-order valence-electron chi connectivity index (χ0n) is 9.46. The van der Waals surface area contributed by atoms with Gasteiger partial charge in [-0.1, -0.05) is 11.6 Å². The molecule has 0 saturated carbocycles. The summed E-state index contributed by atoms with van der Waals surface area (Å²) in [5, 5.41) is 0.0454. The molecule has 1 rings (SSSR count). The van der Waals surface area contributed by atoms with Gasteiger partial charge >= 0.3 is 0 Å². The Kier molecular flexibility index (Phi) is 4.83. The van der Waals surface area contributed by atoms with Crippen LogP contribution in [0.4, 0.5) is 15.8 Å². The van der Waals surface area contributed by atoms with E-state index in [0.717, 1.165) is 6.54 Å². The second-order valence-corrected chi connectivity index (χ2v) is 3.80. The third-order valence-corrected chi connectivity index (χ3v) is 2.65. The van der Waals surface area contributed by atoms with Crippen LogP contribution < -0.4 is 10.6 Å². The first-order chi connectivity index (χ1) is 7.60. The highest BCUT2D eigenvalue weighted by molar-refractivity contribution is 6.31. The van der Waals surface area contributed by atoms with Gasteiger partial charge in [-0.05, 0) is 13.0 Å². The number of hydrogen-bond acceptors (Lipinski definition) is 3. The van der Waals surface area contributed by atoms with Gasteiger partial charge in [-0.2, -0.15) is 0 Å². The second-order valence-electron chi connectivity index (χ2n) is 3.40. The molecule has 0 saturated heterocycles. The Labute approximate surface area is 99.9 Å². The fraction of sp³-hybridized carbons (Fsp3) is 0.455. The van der Waals surface area contributed by atoms with Crippen molar-refractivity contribution >= 4 is 23.0 Å². The van der Waals surface area contributed by atoms with Gasteiger partial charge in [-0.25, -0.2) is 4.39 Å². The monoisotopic (exact) mass is 246 g/mol. The van der Waals surface area contributed by atoms with Gasteiger partial charge in [0.2, 0.25) is 0 Å². The van der Waals surface area contributed by atoms with E-state index >= 15 is 0 Å². The number of halogens is 2. The number of benzene rings is 1. The molecule has 0 amide bonds. The van der Waals surface area contributed by atoms with Crippen LogP contribution in [-0.2, 0) is 4.74 Å². The third-order valence-electron chi connectivity index (χ3n) is 2.36. The Morgan fingerprint density at radius 2 is 2.19 bits per heavy atom. The van der Waals surface area contributed by atoms with E-state index in [0.29, 0.717) is 24.5 Å². The molecule has 0 aliphatic heterocycles. The molecule has 0 atom stereocenters. The summed E-state index contributed by atoms with van der Waals surface area (Å²) in [5.41, 5.74) is 6.94. The lowest BCUT2D eigenvalue weighted by molar-refractivity contribution is 0.205. The van der Waals surface area contributed by atoms with E-state index in [9.17, 15) is 4.39 Å². The number of likely N-dealkylation sites (N-methyl/N-ethyl adjacent to an activating group) is 1. The molecule has 90 valence electrons. The van der Waals surface area contributed by atoms with Gasteiger partial charge in [-0.3, -0.25) is 0 Å². The summed E-state index contributed by atoms with van der Waals surface area (Å²) in [6.45, 7) is 3.94. The molecule has 2 N–H and O–H groups in total. The molecule has 0 bridgehead atoms. The van der Waals surface area contributed by atoms with Gasteiger partial charge < -0.3 is 15.4 Å². The molecule has 1 aromatic rings. The van der Waals surface area contributed by atoms with Crippen LogP contribution in [0.15, 0.2) is 12.1 Å². The van der Waals surface area contributed by atoms with E-state index in [2.05, 4.69) is 0 Å². The van der Waals surface area contributed by atoms with Gasteiger partial charge in [0.15, 0.2) is 0 Å². The SMILES string of the molecule is CCN(CCOC)c1cc(F)c(Cl)cc1N. The van der Waals surface area contributed by atoms with E-state index in [1.54, 1.807) is 7.11 Å². The van der Waals surface area contributed by atoms with Crippen molar-refractivity contribution in [3.63, 3.8) is 0 Å². The Hall–Kier alpha value is -1.00. The Morgan fingerprint density at radius 1 is 1.50 bits per heavy atom. The van der Waals surface area contributed by atoms with Crippen LogP contribution in [0, 0.1) is 5.82 Å². The predicted octanol–water partition coefficient (Wildman–Crippen LogP) is 2.53. The Bertz CT molecular complexity index is 360. The maximum atomic E-state index is 13.3. The average Bonchev–Trinajstić information content (AvgIpc) is 2.26. The maximum Gasteiger partial charge on any atom is 0.144 e. The zero-order chi connectivity index (χ0) is 12.1. The van der Waals surface area contributed by atoms with Crippen molar-refractivity contribution in [3.8, 4) is 0 Å². The van der Waals surface area contributed by atoms with Gasteiger partial charge in [0, 0.05) is 26.3 Å². The van der Waals surface area contributed by atoms with Gasteiger partial charge in [0.05, 0.1) is 23.0 Å².